The van der Waals surface area contributed by atoms with Gasteiger partial charge < -0.3 is 9.47 Å². The first kappa shape index (κ1) is 8.78. The van der Waals surface area contributed by atoms with E-state index >= 15 is 0 Å². The van der Waals surface area contributed by atoms with E-state index in [2.05, 4.69) is 4.98 Å². The third-order valence-electron chi connectivity index (χ3n) is 1.88. The molecule has 0 amide bonds. The zero-order valence-corrected chi connectivity index (χ0v) is 7.83. The summed E-state index contributed by atoms with van der Waals surface area (Å²) in [5.74, 6) is 0.611. The van der Waals surface area contributed by atoms with Crippen molar-refractivity contribution in [3.05, 3.63) is 23.4 Å². The Balaban J connectivity index is 1.97. The van der Waals surface area contributed by atoms with Gasteiger partial charge in [-0.25, -0.2) is 4.98 Å². The smallest absolute Gasteiger partial charge is 0.213 e. The molecule has 1 unspecified atom stereocenters. The van der Waals surface area contributed by atoms with Gasteiger partial charge in [0.15, 0.2) is 0 Å². The van der Waals surface area contributed by atoms with Crippen molar-refractivity contribution in [1.82, 2.24) is 4.98 Å². The summed E-state index contributed by atoms with van der Waals surface area (Å²) in [6, 6.07) is 3.53. The highest BCUT2D eigenvalue weighted by Crippen LogP contribution is 2.16. The number of nitrogens with zero attached hydrogens (tertiary/aromatic N) is 1. The molecule has 1 aliphatic rings. The Morgan fingerprint density at radius 3 is 3.08 bits per heavy atom. The van der Waals surface area contributed by atoms with Crippen molar-refractivity contribution in [2.75, 3.05) is 13.2 Å². The Kier molecular flexibility index (Phi) is 2.66. The van der Waals surface area contributed by atoms with Crippen LogP contribution in [0.1, 0.15) is 6.42 Å². The normalized spacial score (nSPS) is 21.8. The fourth-order valence-electron chi connectivity index (χ4n) is 1.21. The predicted octanol–water partition coefficient (Wildman–Crippen LogP) is 1.90. The summed E-state index contributed by atoms with van der Waals surface area (Å²) in [4.78, 5) is 4.03. The Morgan fingerprint density at radius 1 is 1.54 bits per heavy atom. The molecule has 4 heteroatoms. The Labute approximate surface area is 81.6 Å². The van der Waals surface area contributed by atoms with Crippen LogP contribution in [0.15, 0.2) is 18.3 Å². The van der Waals surface area contributed by atoms with E-state index in [1.807, 2.05) is 0 Å². The lowest BCUT2D eigenvalue weighted by molar-refractivity contribution is 0.138. The maximum absolute atomic E-state index is 5.69. The Hall–Kier alpha value is -0.800. The van der Waals surface area contributed by atoms with Crippen molar-refractivity contribution in [2.24, 2.45) is 0 Å². The van der Waals surface area contributed by atoms with E-state index in [-0.39, 0.29) is 6.10 Å². The molecule has 0 saturated carbocycles. The summed E-state index contributed by atoms with van der Waals surface area (Å²) in [6.07, 6.45) is 2.66. The van der Waals surface area contributed by atoms with Gasteiger partial charge in [-0.1, -0.05) is 11.6 Å². The molecular formula is C9H10ClNO2. The van der Waals surface area contributed by atoms with E-state index < -0.39 is 0 Å². The third kappa shape index (κ3) is 2.32. The number of hydrogen-bond acceptors (Lipinski definition) is 3. The van der Waals surface area contributed by atoms with Crippen LogP contribution in [0, 0.1) is 0 Å². The molecule has 0 radical (unpaired) electrons. The Bertz CT molecular complexity index is 269. The van der Waals surface area contributed by atoms with Gasteiger partial charge >= 0.3 is 0 Å². The molecule has 70 valence electrons. The van der Waals surface area contributed by atoms with Crippen LogP contribution in [0.5, 0.6) is 5.88 Å². The highest BCUT2D eigenvalue weighted by molar-refractivity contribution is 6.30. The second-order valence-corrected chi connectivity index (χ2v) is 3.35. The van der Waals surface area contributed by atoms with Gasteiger partial charge in [0.2, 0.25) is 5.88 Å². The van der Waals surface area contributed by atoms with Crippen LogP contribution in [0.2, 0.25) is 5.02 Å². The zero-order chi connectivity index (χ0) is 9.10. The number of rotatable bonds is 2. The van der Waals surface area contributed by atoms with Gasteiger partial charge in [-0.3, -0.25) is 0 Å². The minimum Gasteiger partial charge on any atom is -0.472 e. The molecule has 13 heavy (non-hydrogen) atoms. The maximum Gasteiger partial charge on any atom is 0.213 e. The molecule has 0 bridgehead atoms. The summed E-state index contributed by atoms with van der Waals surface area (Å²) >= 11 is 5.69. The summed E-state index contributed by atoms with van der Waals surface area (Å²) < 4.78 is 10.7. The molecule has 0 N–H and O–H groups in total. The average molecular weight is 200 g/mol. The van der Waals surface area contributed by atoms with Crippen LogP contribution < -0.4 is 4.74 Å². The Morgan fingerprint density at radius 2 is 2.46 bits per heavy atom. The van der Waals surface area contributed by atoms with E-state index in [0.29, 0.717) is 17.5 Å². The summed E-state index contributed by atoms with van der Waals surface area (Å²) in [5.41, 5.74) is 0. The molecule has 1 atom stereocenters. The number of ether oxygens (including phenoxy) is 2. The molecular weight excluding hydrogens is 190 g/mol. The van der Waals surface area contributed by atoms with Gasteiger partial charge in [-0.15, -0.1) is 0 Å². The third-order valence-corrected chi connectivity index (χ3v) is 2.10. The molecule has 3 nitrogen and oxygen atoms in total. The molecule has 1 aliphatic heterocycles. The average Bonchev–Trinajstić information content (AvgIpc) is 2.62. The number of hydrogen-bond donors (Lipinski definition) is 0. The first-order valence-corrected chi connectivity index (χ1v) is 4.58. The minimum absolute atomic E-state index is 0.147. The molecule has 0 spiro atoms. The van der Waals surface area contributed by atoms with Crippen LogP contribution in [0.25, 0.3) is 0 Å². The van der Waals surface area contributed by atoms with Gasteiger partial charge in [0.25, 0.3) is 0 Å². The van der Waals surface area contributed by atoms with Crippen molar-refractivity contribution in [3.63, 3.8) is 0 Å². The summed E-state index contributed by atoms with van der Waals surface area (Å²) in [6.45, 7) is 1.43. The first-order chi connectivity index (χ1) is 6.34. The lowest BCUT2D eigenvalue weighted by Crippen LogP contribution is -2.16. The van der Waals surface area contributed by atoms with Crippen molar-refractivity contribution in [1.29, 1.82) is 0 Å². The standard InChI is InChI=1S/C9H10ClNO2/c10-7-1-2-9(11-5-7)13-8-3-4-12-6-8/h1-2,5,8H,3-4,6H2. The fraction of sp³-hybridized carbons (Fsp3) is 0.444. The summed E-state index contributed by atoms with van der Waals surface area (Å²) in [7, 11) is 0. The van der Waals surface area contributed by atoms with Crippen LogP contribution >= 0.6 is 11.6 Å². The van der Waals surface area contributed by atoms with Crippen LogP contribution in [-0.2, 0) is 4.74 Å². The van der Waals surface area contributed by atoms with E-state index in [1.54, 1.807) is 18.3 Å². The van der Waals surface area contributed by atoms with Gasteiger partial charge in [0.05, 0.1) is 18.2 Å². The molecule has 1 aromatic rings. The zero-order valence-electron chi connectivity index (χ0n) is 7.07. The molecule has 0 aliphatic carbocycles. The van der Waals surface area contributed by atoms with E-state index in [9.17, 15) is 0 Å². The highest BCUT2D eigenvalue weighted by atomic mass is 35.5. The highest BCUT2D eigenvalue weighted by Gasteiger charge is 2.17. The maximum atomic E-state index is 5.69. The molecule has 1 saturated heterocycles. The van der Waals surface area contributed by atoms with Crippen molar-refractivity contribution in [2.45, 2.75) is 12.5 Å². The van der Waals surface area contributed by atoms with Gasteiger partial charge in [-0.2, -0.15) is 0 Å². The van der Waals surface area contributed by atoms with Gasteiger partial charge in [0.1, 0.15) is 6.10 Å². The van der Waals surface area contributed by atoms with Crippen LogP contribution in [-0.4, -0.2) is 24.3 Å². The van der Waals surface area contributed by atoms with E-state index in [0.717, 1.165) is 13.0 Å². The summed E-state index contributed by atoms with van der Waals surface area (Å²) in [5, 5.41) is 0.620. The number of pyridine rings is 1. The van der Waals surface area contributed by atoms with Crippen molar-refractivity contribution < 1.29 is 9.47 Å². The largest absolute Gasteiger partial charge is 0.472 e. The molecule has 2 heterocycles. The molecule has 0 aromatic carbocycles. The second-order valence-electron chi connectivity index (χ2n) is 2.92. The lowest BCUT2D eigenvalue weighted by Gasteiger charge is -2.09. The van der Waals surface area contributed by atoms with Crippen molar-refractivity contribution >= 4 is 11.6 Å². The first-order valence-electron chi connectivity index (χ1n) is 4.20. The minimum atomic E-state index is 0.147. The molecule has 2 rings (SSSR count). The van der Waals surface area contributed by atoms with Crippen LogP contribution in [0.4, 0.5) is 0 Å². The van der Waals surface area contributed by atoms with Crippen molar-refractivity contribution in [3.8, 4) is 5.88 Å². The predicted molar refractivity (Wildman–Crippen MR) is 49.1 cm³/mol. The fourth-order valence-corrected chi connectivity index (χ4v) is 1.32. The lowest BCUT2D eigenvalue weighted by atomic mass is 10.3. The molecule has 1 fully saturated rings. The van der Waals surface area contributed by atoms with Gasteiger partial charge in [0, 0.05) is 18.7 Å². The van der Waals surface area contributed by atoms with E-state index in [1.165, 1.54) is 0 Å². The quantitative estimate of drug-likeness (QED) is 0.729. The topological polar surface area (TPSA) is 31.4 Å². The SMILES string of the molecule is Clc1ccc(OC2CCOC2)nc1. The second kappa shape index (κ2) is 3.94. The monoisotopic (exact) mass is 199 g/mol. The number of halogens is 1. The number of aromatic nitrogens is 1. The molecule has 1 aromatic heterocycles. The van der Waals surface area contributed by atoms with Crippen LogP contribution in [0.3, 0.4) is 0 Å². The van der Waals surface area contributed by atoms with E-state index in [4.69, 9.17) is 21.1 Å². The van der Waals surface area contributed by atoms with Gasteiger partial charge in [-0.05, 0) is 6.07 Å².